The predicted octanol–water partition coefficient (Wildman–Crippen LogP) is 2.22. The summed E-state index contributed by atoms with van der Waals surface area (Å²) in [6.45, 7) is 6.50. The Bertz CT molecular complexity index is 1180. The molecule has 3 heterocycles. The van der Waals surface area contributed by atoms with E-state index >= 15 is 0 Å². The fourth-order valence-corrected chi connectivity index (χ4v) is 5.05. The summed E-state index contributed by atoms with van der Waals surface area (Å²) in [5.41, 5.74) is 0.345. The second kappa shape index (κ2) is 9.74. The quantitative estimate of drug-likeness (QED) is 0.500. The zero-order chi connectivity index (χ0) is 22.6. The molecule has 1 saturated heterocycles. The number of amides is 1. The second-order valence-electron chi connectivity index (χ2n) is 7.23. The number of nitrogens with zero attached hydrogens (tertiary/aromatic N) is 4. The number of nitrogens with one attached hydrogen (secondary N) is 1. The number of benzene rings is 1. The Morgan fingerprint density at radius 3 is 2.75 bits per heavy atom. The Hall–Kier alpha value is -2.86. The fourth-order valence-electron chi connectivity index (χ4n) is 3.36. The highest BCUT2D eigenvalue weighted by atomic mass is 32.2. The maximum Gasteiger partial charge on any atom is 0.253 e. The molecule has 4 rings (SSSR count). The van der Waals surface area contributed by atoms with E-state index in [0.717, 1.165) is 4.88 Å². The third kappa shape index (κ3) is 5.13. The number of hydrogen-bond acceptors (Lipinski definition) is 8. The van der Waals surface area contributed by atoms with Gasteiger partial charge in [-0.3, -0.25) is 9.69 Å². The van der Waals surface area contributed by atoms with Crippen molar-refractivity contribution in [3.8, 4) is 10.7 Å². The van der Waals surface area contributed by atoms with Crippen LogP contribution < -0.4 is 4.72 Å². The molecule has 11 heteroatoms. The maximum absolute atomic E-state index is 12.9. The molecule has 32 heavy (non-hydrogen) atoms. The normalized spacial score (nSPS) is 15.1. The van der Waals surface area contributed by atoms with Gasteiger partial charge in [-0.05, 0) is 29.6 Å². The van der Waals surface area contributed by atoms with Crippen LogP contribution in [0.5, 0.6) is 0 Å². The molecule has 0 radical (unpaired) electrons. The molecule has 0 aliphatic carbocycles. The zero-order valence-electron chi connectivity index (χ0n) is 17.3. The van der Waals surface area contributed by atoms with Gasteiger partial charge in [0.25, 0.3) is 5.91 Å². The van der Waals surface area contributed by atoms with Crippen molar-refractivity contribution in [1.29, 1.82) is 0 Å². The van der Waals surface area contributed by atoms with Gasteiger partial charge in [0.1, 0.15) is 0 Å². The summed E-state index contributed by atoms with van der Waals surface area (Å²) in [6.07, 6.45) is 1.46. The van der Waals surface area contributed by atoms with Gasteiger partial charge in [0.15, 0.2) is 0 Å². The summed E-state index contributed by atoms with van der Waals surface area (Å²) >= 11 is 1.55. The van der Waals surface area contributed by atoms with Crippen molar-refractivity contribution in [3.05, 3.63) is 65.9 Å². The van der Waals surface area contributed by atoms with Crippen LogP contribution in [0, 0.1) is 0 Å². The second-order valence-corrected chi connectivity index (χ2v) is 9.94. The minimum absolute atomic E-state index is 0.0572. The van der Waals surface area contributed by atoms with Gasteiger partial charge in [0, 0.05) is 38.3 Å². The number of rotatable bonds is 8. The Morgan fingerprint density at radius 1 is 1.22 bits per heavy atom. The van der Waals surface area contributed by atoms with E-state index in [1.54, 1.807) is 28.4 Å². The molecule has 0 saturated carbocycles. The molecule has 0 atom stereocenters. The number of sulfonamides is 1. The van der Waals surface area contributed by atoms with E-state index in [1.165, 1.54) is 18.2 Å². The molecule has 1 amide bonds. The van der Waals surface area contributed by atoms with Crippen molar-refractivity contribution in [1.82, 2.24) is 24.7 Å². The van der Waals surface area contributed by atoms with Crippen LogP contribution in [0.3, 0.4) is 0 Å². The largest absolute Gasteiger partial charge is 0.338 e. The van der Waals surface area contributed by atoms with Crippen LogP contribution in [0.2, 0.25) is 0 Å². The Labute approximate surface area is 190 Å². The van der Waals surface area contributed by atoms with Crippen LogP contribution in [-0.2, 0) is 16.6 Å². The average molecular weight is 474 g/mol. The van der Waals surface area contributed by atoms with Crippen molar-refractivity contribution in [2.75, 3.05) is 32.7 Å². The molecule has 9 nitrogen and oxygen atoms in total. The number of carbonyl (C=O) groups excluding carboxylic acids is 1. The first kappa shape index (κ1) is 22.3. The molecule has 1 aliphatic heterocycles. The SMILES string of the molecule is C=CCNS(=O)(=O)c1cccc(C(=O)N2CCN(Cc3nc(-c4cccs4)no3)CC2)c1. The van der Waals surface area contributed by atoms with Gasteiger partial charge < -0.3 is 9.42 Å². The number of hydrogen-bond donors (Lipinski definition) is 1. The Balaban J connectivity index is 1.35. The number of thiophene rings is 1. The molecule has 1 aliphatic rings. The molecule has 0 unspecified atom stereocenters. The van der Waals surface area contributed by atoms with Crippen LogP contribution in [0.15, 0.2) is 63.9 Å². The first-order valence-corrected chi connectivity index (χ1v) is 12.4. The topological polar surface area (TPSA) is 109 Å². The molecule has 1 aromatic carbocycles. The van der Waals surface area contributed by atoms with Crippen molar-refractivity contribution in [2.45, 2.75) is 11.4 Å². The minimum atomic E-state index is -3.69. The highest BCUT2D eigenvalue weighted by Gasteiger charge is 2.24. The summed E-state index contributed by atoms with van der Waals surface area (Å²) in [5, 5.41) is 5.99. The van der Waals surface area contributed by atoms with Crippen LogP contribution in [-0.4, -0.2) is 67.0 Å². The van der Waals surface area contributed by atoms with E-state index in [1.807, 2.05) is 17.5 Å². The van der Waals surface area contributed by atoms with Gasteiger partial charge in [-0.1, -0.05) is 23.4 Å². The monoisotopic (exact) mass is 473 g/mol. The van der Waals surface area contributed by atoms with Crippen molar-refractivity contribution >= 4 is 27.3 Å². The minimum Gasteiger partial charge on any atom is -0.338 e. The van der Waals surface area contributed by atoms with Crippen molar-refractivity contribution in [2.24, 2.45) is 0 Å². The zero-order valence-corrected chi connectivity index (χ0v) is 18.9. The van der Waals surface area contributed by atoms with E-state index in [-0.39, 0.29) is 17.3 Å². The first-order valence-electron chi connectivity index (χ1n) is 10.0. The molecule has 1 N–H and O–H groups in total. The molecule has 3 aromatic rings. The molecule has 168 valence electrons. The van der Waals surface area contributed by atoms with E-state index < -0.39 is 10.0 Å². The third-order valence-electron chi connectivity index (χ3n) is 5.04. The van der Waals surface area contributed by atoms with Crippen LogP contribution in [0.25, 0.3) is 10.7 Å². The number of carbonyl (C=O) groups is 1. The summed E-state index contributed by atoms with van der Waals surface area (Å²) < 4.78 is 32.4. The van der Waals surface area contributed by atoms with E-state index in [4.69, 9.17) is 4.52 Å². The van der Waals surface area contributed by atoms with Crippen molar-refractivity contribution in [3.63, 3.8) is 0 Å². The summed E-state index contributed by atoms with van der Waals surface area (Å²) in [6, 6.07) is 9.97. The van der Waals surface area contributed by atoms with E-state index in [0.29, 0.717) is 50.0 Å². The van der Waals surface area contributed by atoms with Crippen LogP contribution in [0.1, 0.15) is 16.2 Å². The number of piperazine rings is 1. The maximum atomic E-state index is 12.9. The van der Waals surface area contributed by atoms with Crippen molar-refractivity contribution < 1.29 is 17.7 Å². The van der Waals surface area contributed by atoms with Crippen LogP contribution in [0.4, 0.5) is 0 Å². The molecular weight excluding hydrogens is 450 g/mol. The smallest absolute Gasteiger partial charge is 0.253 e. The molecular formula is C21H23N5O4S2. The lowest BCUT2D eigenvalue weighted by molar-refractivity contribution is 0.0615. The van der Waals surface area contributed by atoms with Gasteiger partial charge in [0.05, 0.1) is 16.3 Å². The third-order valence-corrected chi connectivity index (χ3v) is 7.32. The predicted molar refractivity (Wildman–Crippen MR) is 121 cm³/mol. The van der Waals surface area contributed by atoms with E-state index in [9.17, 15) is 13.2 Å². The molecule has 0 spiro atoms. The lowest BCUT2D eigenvalue weighted by Gasteiger charge is -2.34. The number of aromatic nitrogens is 2. The summed E-state index contributed by atoms with van der Waals surface area (Å²) in [4.78, 5) is 22.3. The lowest BCUT2D eigenvalue weighted by Crippen LogP contribution is -2.48. The molecule has 1 fully saturated rings. The Morgan fingerprint density at radius 2 is 2.03 bits per heavy atom. The summed E-state index contributed by atoms with van der Waals surface area (Å²) in [5.74, 6) is 0.933. The summed E-state index contributed by atoms with van der Waals surface area (Å²) in [7, 11) is -3.69. The van der Waals surface area contributed by atoms with Gasteiger partial charge in [-0.25, -0.2) is 13.1 Å². The molecule has 2 aromatic heterocycles. The molecule has 0 bridgehead atoms. The first-order chi connectivity index (χ1) is 15.5. The standard InChI is InChI=1S/C21H23N5O4S2/c1-2-8-22-32(28,29)17-6-3-5-16(14-17)21(27)26-11-9-25(10-12-26)15-19-23-20(24-30-19)18-7-4-13-31-18/h2-7,13-14,22H,1,8-12,15H2. The van der Waals surface area contributed by atoms with Gasteiger partial charge in [-0.2, -0.15) is 4.98 Å². The van der Waals surface area contributed by atoms with Gasteiger partial charge in [-0.15, -0.1) is 17.9 Å². The fraction of sp³-hybridized carbons (Fsp3) is 0.286. The Kier molecular flexibility index (Phi) is 6.80. The average Bonchev–Trinajstić information content (AvgIpc) is 3.50. The van der Waals surface area contributed by atoms with Gasteiger partial charge >= 0.3 is 0 Å². The van der Waals surface area contributed by atoms with E-state index in [2.05, 4.69) is 26.3 Å². The highest BCUT2D eigenvalue weighted by molar-refractivity contribution is 7.89. The van der Waals surface area contributed by atoms with Gasteiger partial charge in [0.2, 0.25) is 21.7 Å². The lowest BCUT2D eigenvalue weighted by atomic mass is 10.2. The van der Waals surface area contributed by atoms with Crippen LogP contribution >= 0.6 is 11.3 Å². The highest BCUT2D eigenvalue weighted by Crippen LogP contribution is 2.22.